The highest BCUT2D eigenvalue weighted by Gasteiger charge is 2.20. The van der Waals surface area contributed by atoms with Gasteiger partial charge in [-0.15, -0.1) is 5.10 Å². The molecule has 2 N–H and O–H groups in total. The molecule has 1 aromatic carbocycles. The Kier molecular flexibility index (Phi) is 6.12. The van der Waals surface area contributed by atoms with Crippen molar-refractivity contribution in [1.82, 2.24) is 25.4 Å². The van der Waals surface area contributed by atoms with Crippen LogP contribution >= 0.6 is 11.6 Å². The Morgan fingerprint density at radius 1 is 1.30 bits per heavy atom. The highest BCUT2D eigenvalue weighted by molar-refractivity contribution is 6.32. The van der Waals surface area contributed by atoms with Crippen molar-refractivity contribution in [2.24, 2.45) is 0 Å². The molecule has 0 fully saturated rings. The summed E-state index contributed by atoms with van der Waals surface area (Å²) in [6.45, 7) is 5.44. The van der Waals surface area contributed by atoms with E-state index in [1.54, 1.807) is 10.7 Å². The lowest BCUT2D eigenvalue weighted by Gasteiger charge is -2.09. The summed E-state index contributed by atoms with van der Waals surface area (Å²) in [7, 11) is 1.88. The molecule has 0 saturated heterocycles. The van der Waals surface area contributed by atoms with Gasteiger partial charge in [-0.25, -0.2) is 9.67 Å². The molecule has 1 amide bonds. The molecule has 7 heteroatoms. The molecule has 1 heterocycles. The van der Waals surface area contributed by atoms with Crippen LogP contribution < -0.4 is 10.6 Å². The van der Waals surface area contributed by atoms with Gasteiger partial charge in [-0.3, -0.25) is 4.79 Å². The first-order valence-corrected chi connectivity index (χ1v) is 8.07. The molecule has 0 saturated carbocycles. The predicted octanol–water partition coefficient (Wildman–Crippen LogP) is 2.38. The molecule has 1 aromatic heterocycles. The van der Waals surface area contributed by atoms with E-state index in [1.807, 2.05) is 39.1 Å². The second-order valence-electron chi connectivity index (χ2n) is 5.52. The number of aromatic nitrogens is 3. The number of para-hydroxylation sites is 1. The minimum absolute atomic E-state index is 0.115. The Bertz CT molecular complexity index is 668. The van der Waals surface area contributed by atoms with Crippen LogP contribution in [0.4, 0.5) is 0 Å². The molecular weight excluding hydrogens is 314 g/mol. The van der Waals surface area contributed by atoms with Crippen molar-refractivity contribution < 1.29 is 4.79 Å². The summed E-state index contributed by atoms with van der Waals surface area (Å²) in [6, 6.07) is 7.38. The van der Waals surface area contributed by atoms with Gasteiger partial charge in [-0.1, -0.05) is 37.6 Å². The first-order chi connectivity index (χ1) is 11.0. The van der Waals surface area contributed by atoms with Crippen molar-refractivity contribution in [3.8, 4) is 5.69 Å². The lowest BCUT2D eigenvalue weighted by molar-refractivity contribution is 0.0943. The molecule has 0 radical (unpaired) electrons. The quantitative estimate of drug-likeness (QED) is 0.762. The highest BCUT2D eigenvalue weighted by atomic mass is 35.5. The maximum absolute atomic E-state index is 12.2. The molecule has 2 rings (SSSR count). The largest absolute Gasteiger partial charge is 0.349 e. The summed E-state index contributed by atoms with van der Waals surface area (Å²) >= 11 is 6.25. The number of nitrogens with zero attached hydrogens (tertiary/aromatic N) is 3. The first kappa shape index (κ1) is 17.4. The zero-order valence-corrected chi connectivity index (χ0v) is 14.4. The van der Waals surface area contributed by atoms with Crippen LogP contribution in [0.2, 0.25) is 5.02 Å². The number of hydrogen-bond donors (Lipinski definition) is 2. The standard InChI is InChI=1S/C16H22ClN5O/c1-11(2)15-20-14(16(23)19-10-6-9-18-3)21-22(15)13-8-5-4-7-12(13)17/h4-5,7-8,11,18H,6,9-10H2,1-3H3,(H,19,23). The van der Waals surface area contributed by atoms with E-state index in [2.05, 4.69) is 20.7 Å². The molecular formula is C16H22ClN5O. The van der Waals surface area contributed by atoms with Gasteiger partial charge in [0.25, 0.3) is 5.91 Å². The van der Waals surface area contributed by atoms with Gasteiger partial charge in [-0.2, -0.15) is 0 Å². The van der Waals surface area contributed by atoms with Gasteiger partial charge in [0.05, 0.1) is 10.7 Å². The van der Waals surface area contributed by atoms with Crippen LogP contribution in [0, 0.1) is 0 Å². The summed E-state index contributed by atoms with van der Waals surface area (Å²) in [5.41, 5.74) is 0.722. The van der Waals surface area contributed by atoms with Gasteiger partial charge in [-0.05, 0) is 32.1 Å². The lowest BCUT2D eigenvalue weighted by Crippen LogP contribution is -2.27. The van der Waals surface area contributed by atoms with Crippen LogP contribution in [0.5, 0.6) is 0 Å². The molecule has 124 valence electrons. The molecule has 0 bridgehead atoms. The summed E-state index contributed by atoms with van der Waals surface area (Å²) in [5.74, 6) is 0.718. The average Bonchev–Trinajstić information content (AvgIpc) is 2.97. The number of halogens is 1. The van der Waals surface area contributed by atoms with E-state index in [4.69, 9.17) is 11.6 Å². The lowest BCUT2D eigenvalue weighted by atomic mass is 10.2. The van der Waals surface area contributed by atoms with Crippen LogP contribution in [0.15, 0.2) is 24.3 Å². The molecule has 0 aliphatic heterocycles. The van der Waals surface area contributed by atoms with E-state index in [0.29, 0.717) is 17.4 Å². The van der Waals surface area contributed by atoms with Crippen molar-refractivity contribution in [2.45, 2.75) is 26.2 Å². The Labute approximate surface area is 141 Å². The minimum atomic E-state index is -0.270. The van der Waals surface area contributed by atoms with Crippen molar-refractivity contribution in [2.75, 3.05) is 20.1 Å². The van der Waals surface area contributed by atoms with Crippen LogP contribution in [-0.4, -0.2) is 40.8 Å². The molecule has 0 aliphatic rings. The fraction of sp³-hybridized carbons (Fsp3) is 0.438. The third-order valence-corrected chi connectivity index (χ3v) is 3.64. The Morgan fingerprint density at radius 2 is 2.04 bits per heavy atom. The zero-order valence-electron chi connectivity index (χ0n) is 13.6. The van der Waals surface area contributed by atoms with E-state index in [-0.39, 0.29) is 17.6 Å². The van der Waals surface area contributed by atoms with Crippen LogP contribution in [0.1, 0.15) is 42.6 Å². The predicted molar refractivity (Wildman–Crippen MR) is 91.3 cm³/mol. The Balaban J connectivity index is 2.25. The van der Waals surface area contributed by atoms with Crippen LogP contribution in [0.25, 0.3) is 5.69 Å². The van der Waals surface area contributed by atoms with Crippen LogP contribution in [-0.2, 0) is 0 Å². The second kappa shape index (κ2) is 8.08. The number of hydrogen-bond acceptors (Lipinski definition) is 4. The normalized spacial score (nSPS) is 11.0. The smallest absolute Gasteiger partial charge is 0.290 e. The zero-order chi connectivity index (χ0) is 16.8. The number of amides is 1. The van der Waals surface area contributed by atoms with Gasteiger partial charge in [0.1, 0.15) is 5.82 Å². The van der Waals surface area contributed by atoms with Crippen molar-refractivity contribution in [1.29, 1.82) is 0 Å². The molecule has 6 nitrogen and oxygen atoms in total. The minimum Gasteiger partial charge on any atom is -0.349 e. The second-order valence-corrected chi connectivity index (χ2v) is 5.93. The fourth-order valence-corrected chi connectivity index (χ4v) is 2.36. The number of rotatable bonds is 7. The van der Waals surface area contributed by atoms with Crippen molar-refractivity contribution >= 4 is 17.5 Å². The van der Waals surface area contributed by atoms with E-state index in [9.17, 15) is 4.79 Å². The number of carbonyl (C=O) groups is 1. The summed E-state index contributed by atoms with van der Waals surface area (Å²) in [4.78, 5) is 16.6. The third-order valence-electron chi connectivity index (χ3n) is 3.32. The highest BCUT2D eigenvalue weighted by Crippen LogP contribution is 2.23. The maximum Gasteiger partial charge on any atom is 0.290 e. The maximum atomic E-state index is 12.2. The monoisotopic (exact) mass is 335 g/mol. The topological polar surface area (TPSA) is 71.8 Å². The Morgan fingerprint density at radius 3 is 2.70 bits per heavy atom. The van der Waals surface area contributed by atoms with E-state index in [0.717, 1.165) is 18.7 Å². The van der Waals surface area contributed by atoms with Crippen molar-refractivity contribution in [3.63, 3.8) is 0 Å². The Hall–Kier alpha value is -1.92. The van der Waals surface area contributed by atoms with Crippen LogP contribution in [0.3, 0.4) is 0 Å². The van der Waals surface area contributed by atoms with Gasteiger partial charge in [0.2, 0.25) is 5.82 Å². The average molecular weight is 336 g/mol. The van der Waals surface area contributed by atoms with Gasteiger partial charge < -0.3 is 10.6 Å². The van der Waals surface area contributed by atoms with E-state index >= 15 is 0 Å². The molecule has 23 heavy (non-hydrogen) atoms. The molecule has 0 aliphatic carbocycles. The van der Waals surface area contributed by atoms with Gasteiger partial charge in [0.15, 0.2) is 0 Å². The number of benzene rings is 1. The fourth-order valence-electron chi connectivity index (χ4n) is 2.14. The van der Waals surface area contributed by atoms with Gasteiger partial charge >= 0.3 is 0 Å². The SMILES string of the molecule is CNCCCNC(=O)c1nc(C(C)C)n(-c2ccccc2Cl)n1. The summed E-state index contributed by atoms with van der Waals surface area (Å²) < 4.78 is 1.65. The molecule has 0 atom stereocenters. The molecule has 2 aromatic rings. The number of carbonyl (C=O) groups excluding carboxylic acids is 1. The van der Waals surface area contributed by atoms with E-state index in [1.165, 1.54) is 0 Å². The molecule has 0 unspecified atom stereocenters. The van der Waals surface area contributed by atoms with Gasteiger partial charge in [0, 0.05) is 12.5 Å². The summed E-state index contributed by atoms with van der Waals surface area (Å²) in [5, 5.41) is 10.8. The molecule has 0 spiro atoms. The number of nitrogens with one attached hydrogen (secondary N) is 2. The summed E-state index contributed by atoms with van der Waals surface area (Å²) in [6.07, 6.45) is 0.852. The van der Waals surface area contributed by atoms with E-state index < -0.39 is 0 Å². The first-order valence-electron chi connectivity index (χ1n) is 7.69. The van der Waals surface area contributed by atoms with Crippen molar-refractivity contribution in [3.05, 3.63) is 40.9 Å². The third kappa shape index (κ3) is 4.30.